The van der Waals surface area contributed by atoms with Gasteiger partial charge in [0.15, 0.2) is 0 Å². The lowest BCUT2D eigenvalue weighted by molar-refractivity contribution is -0.126. The van der Waals surface area contributed by atoms with Crippen LogP contribution in [-0.2, 0) is 14.8 Å². The second-order valence-corrected chi connectivity index (χ2v) is 10.4. The van der Waals surface area contributed by atoms with Crippen LogP contribution in [0.5, 0.6) is 0 Å². The minimum absolute atomic E-state index is 0.0450. The average molecular weight is 475 g/mol. The molecular weight excluding hydrogens is 451 g/mol. The van der Waals surface area contributed by atoms with Crippen molar-refractivity contribution in [1.29, 1.82) is 0 Å². The lowest BCUT2D eigenvalue weighted by Gasteiger charge is -2.31. The number of benzene rings is 3. The fraction of sp³-hybridized carbons (Fsp3) is 0.292. The Morgan fingerprint density at radius 2 is 1.78 bits per heavy atom. The molecule has 1 atom stereocenters. The minimum atomic E-state index is -3.79. The second kappa shape index (κ2) is 9.17. The Balaban J connectivity index is 1.40. The van der Waals surface area contributed by atoms with Crippen molar-refractivity contribution in [3.8, 4) is 0 Å². The molecule has 32 heavy (non-hydrogen) atoms. The van der Waals surface area contributed by atoms with Crippen LogP contribution in [0.3, 0.4) is 0 Å². The van der Waals surface area contributed by atoms with Gasteiger partial charge in [0, 0.05) is 19.0 Å². The first-order valence-electron chi connectivity index (χ1n) is 10.5. The van der Waals surface area contributed by atoms with Crippen molar-refractivity contribution >= 4 is 38.3 Å². The van der Waals surface area contributed by atoms with Gasteiger partial charge in [0.2, 0.25) is 15.9 Å². The average Bonchev–Trinajstić information content (AvgIpc) is 2.80. The number of sulfonamides is 1. The number of nitrogens with one attached hydrogen (secondary N) is 1. The van der Waals surface area contributed by atoms with E-state index in [0.717, 1.165) is 28.5 Å². The van der Waals surface area contributed by atoms with E-state index in [9.17, 15) is 17.6 Å². The van der Waals surface area contributed by atoms with E-state index < -0.39 is 15.8 Å². The van der Waals surface area contributed by atoms with Gasteiger partial charge in [-0.1, -0.05) is 54.1 Å². The Bertz CT molecular complexity index is 1250. The summed E-state index contributed by atoms with van der Waals surface area (Å²) < 4.78 is 40.4. The van der Waals surface area contributed by atoms with E-state index in [1.165, 1.54) is 10.4 Å². The van der Waals surface area contributed by atoms with E-state index >= 15 is 0 Å². The molecule has 1 heterocycles. The summed E-state index contributed by atoms with van der Waals surface area (Å²) in [6.07, 6.45) is 0.838. The lowest BCUT2D eigenvalue weighted by Crippen LogP contribution is -2.43. The first-order chi connectivity index (χ1) is 15.3. The molecule has 1 aliphatic rings. The van der Waals surface area contributed by atoms with Gasteiger partial charge < -0.3 is 5.32 Å². The highest BCUT2D eigenvalue weighted by Gasteiger charge is 2.33. The Morgan fingerprint density at radius 1 is 1.09 bits per heavy atom. The Hall–Kier alpha value is -2.48. The van der Waals surface area contributed by atoms with Crippen LogP contribution in [0.1, 0.15) is 31.4 Å². The third kappa shape index (κ3) is 4.51. The highest BCUT2D eigenvalue weighted by molar-refractivity contribution is 7.89. The number of nitrogens with zero attached hydrogens (tertiary/aromatic N) is 1. The van der Waals surface area contributed by atoms with Crippen LogP contribution in [-0.4, -0.2) is 31.7 Å². The number of fused-ring (bicyclic) bond motifs is 1. The number of piperidine rings is 1. The van der Waals surface area contributed by atoms with E-state index in [1.807, 2.05) is 49.4 Å². The zero-order valence-corrected chi connectivity index (χ0v) is 19.2. The van der Waals surface area contributed by atoms with Crippen molar-refractivity contribution in [3.63, 3.8) is 0 Å². The number of hydrogen-bond donors (Lipinski definition) is 1. The molecule has 1 N–H and O–H groups in total. The zero-order chi connectivity index (χ0) is 22.9. The molecule has 1 fully saturated rings. The maximum atomic E-state index is 13.4. The molecule has 1 aliphatic heterocycles. The topological polar surface area (TPSA) is 66.5 Å². The van der Waals surface area contributed by atoms with Crippen molar-refractivity contribution in [3.05, 3.63) is 77.1 Å². The molecule has 4 rings (SSSR count). The SMILES string of the molecule is CC(NC(=O)C1CCN(S(=O)(=O)c2ccc(F)c(Cl)c2)CC1)c1cccc2ccccc12. The molecule has 168 valence electrons. The monoisotopic (exact) mass is 474 g/mol. The Morgan fingerprint density at radius 3 is 2.50 bits per heavy atom. The largest absolute Gasteiger partial charge is 0.349 e. The van der Waals surface area contributed by atoms with Gasteiger partial charge in [-0.05, 0) is 54.3 Å². The normalized spacial score (nSPS) is 16.7. The summed E-state index contributed by atoms with van der Waals surface area (Å²) in [6, 6.07) is 17.3. The third-order valence-electron chi connectivity index (χ3n) is 6.00. The summed E-state index contributed by atoms with van der Waals surface area (Å²) in [5.41, 5.74) is 1.05. The summed E-state index contributed by atoms with van der Waals surface area (Å²) in [4.78, 5) is 12.8. The third-order valence-corrected chi connectivity index (χ3v) is 8.19. The molecule has 0 spiro atoms. The van der Waals surface area contributed by atoms with E-state index in [1.54, 1.807) is 0 Å². The van der Waals surface area contributed by atoms with Crippen LogP contribution >= 0.6 is 11.6 Å². The number of amides is 1. The highest BCUT2D eigenvalue weighted by Crippen LogP contribution is 2.28. The quantitative estimate of drug-likeness (QED) is 0.571. The van der Waals surface area contributed by atoms with Gasteiger partial charge in [0.25, 0.3) is 0 Å². The van der Waals surface area contributed by atoms with Crippen molar-refractivity contribution in [2.24, 2.45) is 5.92 Å². The fourth-order valence-corrected chi connectivity index (χ4v) is 5.92. The lowest BCUT2D eigenvalue weighted by atomic mass is 9.95. The molecular formula is C24H24ClFN2O3S. The van der Waals surface area contributed by atoms with Gasteiger partial charge in [0.05, 0.1) is 16.0 Å². The predicted molar refractivity (Wildman–Crippen MR) is 123 cm³/mol. The molecule has 0 aliphatic carbocycles. The number of halogens is 2. The molecule has 1 amide bonds. The first-order valence-corrected chi connectivity index (χ1v) is 12.3. The van der Waals surface area contributed by atoms with Gasteiger partial charge in [-0.3, -0.25) is 4.79 Å². The number of rotatable bonds is 5. The number of carbonyl (C=O) groups excluding carboxylic acids is 1. The van der Waals surface area contributed by atoms with E-state index in [2.05, 4.69) is 5.32 Å². The summed E-state index contributed by atoms with van der Waals surface area (Å²) in [7, 11) is -3.79. The second-order valence-electron chi connectivity index (χ2n) is 8.05. The van der Waals surface area contributed by atoms with Gasteiger partial charge in [-0.2, -0.15) is 4.31 Å². The van der Waals surface area contributed by atoms with Crippen molar-refractivity contribution < 1.29 is 17.6 Å². The van der Waals surface area contributed by atoms with Crippen LogP contribution in [0.4, 0.5) is 4.39 Å². The van der Waals surface area contributed by atoms with Crippen LogP contribution in [0, 0.1) is 11.7 Å². The van der Waals surface area contributed by atoms with Crippen LogP contribution in [0.2, 0.25) is 5.02 Å². The first kappa shape index (κ1) is 22.7. The van der Waals surface area contributed by atoms with Crippen LogP contribution in [0.25, 0.3) is 10.8 Å². The molecule has 0 radical (unpaired) electrons. The molecule has 8 heteroatoms. The summed E-state index contributed by atoms with van der Waals surface area (Å²) in [6.45, 7) is 2.40. The van der Waals surface area contributed by atoms with Crippen LogP contribution < -0.4 is 5.32 Å². The fourth-order valence-electron chi connectivity index (χ4n) is 4.18. The maximum Gasteiger partial charge on any atom is 0.243 e. The Kier molecular flexibility index (Phi) is 6.51. The molecule has 1 unspecified atom stereocenters. The predicted octanol–water partition coefficient (Wildman–Crippen LogP) is 4.91. The van der Waals surface area contributed by atoms with Crippen molar-refractivity contribution in [2.75, 3.05) is 13.1 Å². The van der Waals surface area contributed by atoms with Gasteiger partial charge in [0.1, 0.15) is 5.82 Å². The number of carbonyl (C=O) groups is 1. The zero-order valence-electron chi connectivity index (χ0n) is 17.6. The minimum Gasteiger partial charge on any atom is -0.349 e. The van der Waals surface area contributed by atoms with Crippen molar-refractivity contribution in [2.45, 2.75) is 30.7 Å². The summed E-state index contributed by atoms with van der Waals surface area (Å²) >= 11 is 5.75. The smallest absolute Gasteiger partial charge is 0.243 e. The highest BCUT2D eigenvalue weighted by atomic mass is 35.5. The molecule has 1 saturated heterocycles. The van der Waals surface area contributed by atoms with E-state index in [0.29, 0.717) is 12.8 Å². The van der Waals surface area contributed by atoms with Gasteiger partial charge in [-0.25, -0.2) is 12.8 Å². The molecule has 0 bridgehead atoms. The Labute approximate surface area is 192 Å². The standard InChI is InChI=1S/C24H24ClFN2O3S/c1-16(20-8-4-6-17-5-2-3-7-21(17)20)27-24(29)18-11-13-28(14-12-18)32(30,31)19-9-10-23(26)22(25)15-19/h2-10,15-16,18H,11-14H2,1H3,(H,27,29). The molecule has 0 saturated carbocycles. The molecule has 5 nitrogen and oxygen atoms in total. The maximum absolute atomic E-state index is 13.4. The van der Waals surface area contributed by atoms with E-state index in [-0.39, 0.29) is 40.9 Å². The molecule has 3 aromatic rings. The van der Waals surface area contributed by atoms with E-state index in [4.69, 9.17) is 11.6 Å². The summed E-state index contributed by atoms with van der Waals surface area (Å²) in [5.74, 6) is -1.01. The van der Waals surface area contributed by atoms with Crippen molar-refractivity contribution in [1.82, 2.24) is 9.62 Å². The van der Waals surface area contributed by atoms with Gasteiger partial charge in [-0.15, -0.1) is 0 Å². The number of hydrogen-bond acceptors (Lipinski definition) is 3. The van der Waals surface area contributed by atoms with Gasteiger partial charge >= 0.3 is 0 Å². The summed E-state index contributed by atoms with van der Waals surface area (Å²) in [5, 5.41) is 5.07. The molecule has 0 aromatic heterocycles. The van der Waals surface area contributed by atoms with Crippen LogP contribution in [0.15, 0.2) is 65.6 Å². The molecule has 3 aromatic carbocycles.